The molecule has 0 spiro atoms. The third kappa shape index (κ3) is 28.9. The minimum absolute atomic E-state index is 0.153. The minimum atomic E-state index is -0.153. The molecule has 0 radical (unpaired) electrons. The molecular weight excluding hydrogens is 140 g/mol. The van der Waals surface area contributed by atoms with E-state index in [2.05, 4.69) is 23.0 Å². The van der Waals surface area contributed by atoms with Crippen LogP contribution in [0.3, 0.4) is 0 Å². The summed E-state index contributed by atoms with van der Waals surface area (Å²) in [6, 6.07) is 0. The van der Waals surface area contributed by atoms with Gasteiger partial charge in [0.2, 0.25) is 0 Å². The van der Waals surface area contributed by atoms with Crippen molar-refractivity contribution in [2.75, 3.05) is 19.8 Å². The minimum Gasteiger partial charge on any atom is -0.384 e. The smallest absolute Gasteiger partial charge is 0.108 e. The number of aliphatic hydroxyl groups is 1. The zero-order chi connectivity index (χ0) is 8.95. The molecule has 0 aliphatic rings. The first-order chi connectivity index (χ1) is 5.33. The summed E-state index contributed by atoms with van der Waals surface area (Å²) < 4.78 is 4.66. The van der Waals surface area contributed by atoms with Crippen molar-refractivity contribution in [2.24, 2.45) is 0 Å². The Labute approximate surface area is 67.6 Å². The molecule has 0 bridgehead atoms. The fourth-order valence-electron chi connectivity index (χ4n) is 0.169. The van der Waals surface area contributed by atoms with Crippen LogP contribution in [-0.2, 0) is 4.74 Å². The lowest BCUT2D eigenvalue weighted by molar-refractivity contribution is 0.205. The highest BCUT2D eigenvalue weighted by atomic mass is 16.5. The molecule has 0 fully saturated rings. The molecule has 58 valence electrons. The molecule has 0 saturated carbocycles. The maximum absolute atomic E-state index is 7.64. The molecule has 0 heterocycles. The quantitative estimate of drug-likeness (QED) is 0.439. The zero-order valence-corrected chi connectivity index (χ0v) is 6.21. The number of hydrogen-bond acceptors (Lipinski definition) is 2. The lowest BCUT2D eigenvalue weighted by Gasteiger charge is -1.86. The maximum Gasteiger partial charge on any atom is 0.108 e. The van der Waals surface area contributed by atoms with E-state index in [1.54, 1.807) is 0 Å². The highest BCUT2D eigenvalue weighted by Crippen LogP contribution is 1.65. The third-order valence-corrected chi connectivity index (χ3v) is 0.462. The Morgan fingerprint density at radius 2 is 1.36 bits per heavy atom. The van der Waals surface area contributed by atoms with Crippen LogP contribution in [0.15, 0.2) is 0 Å². The fraction of sp³-hybridized carbons (Fsp3) is 0.333. The number of aliphatic hydroxyl groups excluding tert-OH is 1. The van der Waals surface area contributed by atoms with Crippen molar-refractivity contribution in [1.82, 2.24) is 0 Å². The highest BCUT2D eigenvalue weighted by molar-refractivity contribution is 4.87. The lowest BCUT2D eigenvalue weighted by Crippen LogP contribution is -1.89. The van der Waals surface area contributed by atoms with Crippen molar-refractivity contribution in [3.8, 4) is 37.0 Å². The van der Waals surface area contributed by atoms with E-state index in [1.807, 2.05) is 5.92 Å². The summed E-state index contributed by atoms with van der Waals surface area (Å²) in [5.41, 5.74) is 0. The van der Waals surface area contributed by atoms with Gasteiger partial charge in [-0.3, -0.25) is 0 Å². The van der Waals surface area contributed by atoms with Crippen LogP contribution in [0.2, 0.25) is 0 Å². The number of hydrogen-bond donors (Lipinski definition) is 1. The topological polar surface area (TPSA) is 29.5 Å². The Kier molecular flexibility index (Phi) is 17.7. The second kappa shape index (κ2) is 15.8. The summed E-state index contributed by atoms with van der Waals surface area (Å²) in [6.07, 6.45) is 14.2. The Balaban J connectivity index is 0. The molecule has 0 unspecified atom stereocenters. The Morgan fingerprint density at radius 1 is 1.00 bits per heavy atom. The van der Waals surface area contributed by atoms with Crippen molar-refractivity contribution in [3.05, 3.63) is 0 Å². The molecule has 0 aliphatic carbocycles. The second-order valence-electron chi connectivity index (χ2n) is 1.26. The summed E-state index contributed by atoms with van der Waals surface area (Å²) >= 11 is 0. The van der Waals surface area contributed by atoms with Crippen molar-refractivity contribution in [3.63, 3.8) is 0 Å². The maximum atomic E-state index is 7.64. The van der Waals surface area contributed by atoms with E-state index in [-0.39, 0.29) is 6.61 Å². The molecule has 0 aromatic carbocycles. The predicted octanol–water partition coefficient (Wildman–Crippen LogP) is -0.119. The second-order valence-corrected chi connectivity index (χ2v) is 1.26. The Bertz CT molecular complexity index is 161. The molecule has 0 aromatic rings. The number of rotatable bonds is 2. The van der Waals surface area contributed by atoms with E-state index in [0.29, 0.717) is 13.2 Å². The summed E-state index contributed by atoms with van der Waals surface area (Å²) in [5.74, 6) is 6.56. The summed E-state index contributed by atoms with van der Waals surface area (Å²) in [7, 11) is 0. The molecule has 0 rings (SSSR count). The van der Waals surface area contributed by atoms with E-state index in [4.69, 9.17) is 18.0 Å². The lowest BCUT2D eigenvalue weighted by atomic mass is 10.7. The largest absolute Gasteiger partial charge is 0.384 e. The van der Waals surface area contributed by atoms with E-state index in [1.165, 1.54) is 0 Å². The number of ether oxygens (including phenoxy) is 1. The van der Waals surface area contributed by atoms with Crippen molar-refractivity contribution in [2.45, 2.75) is 0 Å². The first kappa shape index (κ1) is 12.3. The van der Waals surface area contributed by atoms with Gasteiger partial charge in [-0.15, -0.1) is 19.3 Å². The van der Waals surface area contributed by atoms with E-state index in [0.717, 1.165) is 0 Å². The van der Waals surface area contributed by atoms with E-state index >= 15 is 0 Å². The third-order valence-electron chi connectivity index (χ3n) is 0.462. The van der Waals surface area contributed by atoms with Gasteiger partial charge in [0.15, 0.2) is 0 Å². The average molecular weight is 150 g/mol. The van der Waals surface area contributed by atoms with Crippen LogP contribution in [0.4, 0.5) is 0 Å². The summed E-state index contributed by atoms with van der Waals surface area (Å²) in [5, 5.41) is 7.64. The van der Waals surface area contributed by atoms with Gasteiger partial charge in [-0.2, -0.15) is 0 Å². The molecule has 1 N–H and O–H groups in total. The molecule has 2 nitrogen and oxygen atoms in total. The normalized spacial score (nSPS) is 6.00. The first-order valence-corrected chi connectivity index (χ1v) is 2.82. The van der Waals surface area contributed by atoms with Crippen LogP contribution in [0.1, 0.15) is 0 Å². The molecule has 2 heteroatoms. The molecule has 0 atom stereocenters. The van der Waals surface area contributed by atoms with Gasteiger partial charge < -0.3 is 9.84 Å². The van der Waals surface area contributed by atoms with Crippen LogP contribution in [-0.4, -0.2) is 24.9 Å². The van der Waals surface area contributed by atoms with Gasteiger partial charge >= 0.3 is 0 Å². The molecule has 0 aliphatic heterocycles. The monoisotopic (exact) mass is 150 g/mol. The summed E-state index contributed by atoms with van der Waals surface area (Å²) in [6.45, 7) is 0.467. The zero-order valence-electron chi connectivity index (χ0n) is 6.21. The molecule has 0 amide bonds. The van der Waals surface area contributed by atoms with Crippen molar-refractivity contribution < 1.29 is 9.84 Å². The summed E-state index contributed by atoms with van der Waals surface area (Å²) in [4.78, 5) is 0. The highest BCUT2D eigenvalue weighted by Gasteiger charge is 1.71. The molecule has 11 heavy (non-hydrogen) atoms. The SMILES string of the molecule is C#CCO.C#CCOCC#C. The first-order valence-electron chi connectivity index (χ1n) is 2.82. The van der Waals surface area contributed by atoms with Crippen LogP contribution in [0, 0.1) is 37.0 Å². The van der Waals surface area contributed by atoms with Crippen molar-refractivity contribution >= 4 is 0 Å². The molecule has 0 saturated heterocycles. The van der Waals surface area contributed by atoms with Gasteiger partial charge in [-0.25, -0.2) is 0 Å². The van der Waals surface area contributed by atoms with Gasteiger partial charge in [0.25, 0.3) is 0 Å². The van der Waals surface area contributed by atoms with Gasteiger partial charge in [0, 0.05) is 0 Å². The van der Waals surface area contributed by atoms with Crippen LogP contribution in [0.25, 0.3) is 0 Å². The van der Waals surface area contributed by atoms with Gasteiger partial charge in [0.1, 0.15) is 19.8 Å². The Morgan fingerprint density at radius 3 is 1.55 bits per heavy atom. The van der Waals surface area contributed by atoms with Gasteiger partial charge in [0.05, 0.1) is 0 Å². The van der Waals surface area contributed by atoms with Gasteiger partial charge in [-0.05, 0) is 0 Å². The Hall–Kier alpha value is -1.40. The van der Waals surface area contributed by atoms with E-state index < -0.39 is 0 Å². The average Bonchev–Trinajstić information content (AvgIpc) is 2.06. The van der Waals surface area contributed by atoms with Crippen LogP contribution < -0.4 is 0 Å². The standard InChI is InChI=1S/C6H6O.C3H4O/c1-3-5-7-6-4-2;1-2-3-4/h1-2H,5-6H2;1,4H,3H2. The number of terminal acetylenes is 3. The van der Waals surface area contributed by atoms with E-state index in [9.17, 15) is 0 Å². The molecule has 0 aromatic heterocycles. The molecular formula is C9H10O2. The van der Waals surface area contributed by atoms with Crippen LogP contribution >= 0.6 is 0 Å². The predicted molar refractivity (Wildman–Crippen MR) is 44.4 cm³/mol. The van der Waals surface area contributed by atoms with Crippen LogP contribution in [0.5, 0.6) is 0 Å². The van der Waals surface area contributed by atoms with Crippen molar-refractivity contribution in [1.29, 1.82) is 0 Å². The fourth-order valence-corrected chi connectivity index (χ4v) is 0.169. The van der Waals surface area contributed by atoms with Gasteiger partial charge in [-0.1, -0.05) is 17.8 Å².